The Morgan fingerprint density at radius 1 is 1.39 bits per heavy atom. The third-order valence-corrected chi connectivity index (χ3v) is 3.17. The SMILES string of the molecule is CCOc1ccc(NC(=O)CSCCCO)cc1. The van der Waals surface area contributed by atoms with Gasteiger partial charge in [0, 0.05) is 12.3 Å². The van der Waals surface area contributed by atoms with E-state index in [1.807, 2.05) is 31.2 Å². The van der Waals surface area contributed by atoms with Crippen molar-refractivity contribution in [2.75, 3.05) is 30.0 Å². The van der Waals surface area contributed by atoms with Gasteiger partial charge in [-0.3, -0.25) is 4.79 Å². The molecule has 0 aliphatic carbocycles. The molecular weight excluding hydrogens is 250 g/mol. The number of ether oxygens (including phenoxy) is 1. The van der Waals surface area contributed by atoms with Gasteiger partial charge in [-0.1, -0.05) is 0 Å². The number of aliphatic hydroxyl groups excluding tert-OH is 1. The molecule has 0 heterocycles. The third kappa shape index (κ3) is 5.93. The van der Waals surface area contributed by atoms with Crippen molar-refractivity contribution in [2.45, 2.75) is 13.3 Å². The molecule has 1 rings (SSSR count). The van der Waals surface area contributed by atoms with E-state index >= 15 is 0 Å². The second-order valence-corrected chi connectivity index (χ2v) is 4.74. The molecule has 0 aromatic heterocycles. The monoisotopic (exact) mass is 269 g/mol. The highest BCUT2D eigenvalue weighted by atomic mass is 32.2. The quantitative estimate of drug-likeness (QED) is 0.710. The van der Waals surface area contributed by atoms with Gasteiger partial charge in [0.05, 0.1) is 12.4 Å². The molecule has 100 valence electrons. The van der Waals surface area contributed by atoms with Crippen LogP contribution in [0.4, 0.5) is 5.69 Å². The van der Waals surface area contributed by atoms with Crippen LogP contribution in [-0.4, -0.2) is 35.7 Å². The van der Waals surface area contributed by atoms with Gasteiger partial charge in [-0.15, -0.1) is 0 Å². The van der Waals surface area contributed by atoms with Gasteiger partial charge in [-0.25, -0.2) is 0 Å². The highest BCUT2D eigenvalue weighted by molar-refractivity contribution is 7.99. The van der Waals surface area contributed by atoms with E-state index < -0.39 is 0 Å². The molecule has 0 spiro atoms. The minimum absolute atomic E-state index is 0.0258. The molecule has 0 aliphatic rings. The third-order valence-electron chi connectivity index (χ3n) is 2.13. The molecule has 1 amide bonds. The molecule has 5 heteroatoms. The first-order valence-electron chi connectivity index (χ1n) is 5.97. The van der Waals surface area contributed by atoms with E-state index in [2.05, 4.69) is 5.32 Å². The van der Waals surface area contributed by atoms with Crippen molar-refractivity contribution in [3.63, 3.8) is 0 Å². The van der Waals surface area contributed by atoms with Gasteiger partial charge in [-0.2, -0.15) is 11.8 Å². The zero-order chi connectivity index (χ0) is 13.2. The smallest absolute Gasteiger partial charge is 0.234 e. The number of hydrogen-bond donors (Lipinski definition) is 2. The van der Waals surface area contributed by atoms with E-state index in [9.17, 15) is 4.79 Å². The van der Waals surface area contributed by atoms with Gasteiger partial charge in [0.1, 0.15) is 5.75 Å². The molecule has 0 atom stereocenters. The van der Waals surface area contributed by atoms with Crippen LogP contribution in [0.2, 0.25) is 0 Å². The number of hydrogen-bond acceptors (Lipinski definition) is 4. The lowest BCUT2D eigenvalue weighted by Crippen LogP contribution is -2.14. The van der Waals surface area contributed by atoms with Crippen LogP contribution in [0.1, 0.15) is 13.3 Å². The van der Waals surface area contributed by atoms with Crippen molar-refractivity contribution in [3.05, 3.63) is 24.3 Å². The summed E-state index contributed by atoms with van der Waals surface area (Å²) in [5.41, 5.74) is 0.770. The summed E-state index contributed by atoms with van der Waals surface area (Å²) in [7, 11) is 0. The average Bonchev–Trinajstić information content (AvgIpc) is 2.37. The minimum Gasteiger partial charge on any atom is -0.494 e. The Kier molecular flexibility index (Phi) is 7.29. The van der Waals surface area contributed by atoms with E-state index in [0.717, 1.165) is 23.6 Å². The van der Waals surface area contributed by atoms with Crippen molar-refractivity contribution < 1.29 is 14.6 Å². The summed E-state index contributed by atoms with van der Waals surface area (Å²) in [6.45, 7) is 2.74. The Hall–Kier alpha value is -1.20. The minimum atomic E-state index is -0.0258. The summed E-state index contributed by atoms with van der Waals surface area (Å²) in [4.78, 5) is 11.6. The van der Waals surface area contributed by atoms with E-state index in [4.69, 9.17) is 9.84 Å². The van der Waals surface area contributed by atoms with Crippen LogP contribution < -0.4 is 10.1 Å². The number of rotatable bonds is 8. The topological polar surface area (TPSA) is 58.6 Å². The maximum Gasteiger partial charge on any atom is 0.234 e. The molecule has 0 unspecified atom stereocenters. The number of carbonyl (C=O) groups excluding carboxylic acids is 1. The number of amides is 1. The highest BCUT2D eigenvalue weighted by Gasteiger charge is 2.02. The Morgan fingerprint density at radius 3 is 2.72 bits per heavy atom. The second-order valence-electron chi connectivity index (χ2n) is 3.64. The summed E-state index contributed by atoms with van der Waals surface area (Å²) < 4.78 is 5.32. The zero-order valence-electron chi connectivity index (χ0n) is 10.5. The molecule has 4 nitrogen and oxygen atoms in total. The van der Waals surface area contributed by atoms with Crippen LogP contribution in [0, 0.1) is 0 Å². The fourth-order valence-corrected chi connectivity index (χ4v) is 2.06. The number of anilines is 1. The molecule has 1 aromatic carbocycles. The van der Waals surface area contributed by atoms with Crippen molar-refractivity contribution in [2.24, 2.45) is 0 Å². The normalized spacial score (nSPS) is 10.1. The number of benzene rings is 1. The fourth-order valence-electron chi connectivity index (χ4n) is 1.33. The summed E-state index contributed by atoms with van der Waals surface area (Å²) in [6.07, 6.45) is 0.723. The van der Waals surface area contributed by atoms with Crippen molar-refractivity contribution >= 4 is 23.4 Å². The predicted octanol–water partition coefficient (Wildman–Crippen LogP) is 2.14. The number of thioether (sulfide) groups is 1. The number of aliphatic hydroxyl groups is 1. The summed E-state index contributed by atoms with van der Waals surface area (Å²) in [6, 6.07) is 7.30. The lowest BCUT2D eigenvalue weighted by Gasteiger charge is -2.06. The standard InChI is InChI=1S/C13H19NO3S/c1-2-17-12-6-4-11(5-7-12)14-13(16)10-18-9-3-8-15/h4-7,15H,2-3,8-10H2,1H3,(H,14,16). The van der Waals surface area contributed by atoms with E-state index in [0.29, 0.717) is 12.4 Å². The first-order chi connectivity index (χ1) is 8.76. The zero-order valence-corrected chi connectivity index (χ0v) is 11.3. The van der Waals surface area contributed by atoms with Crippen LogP contribution in [0.15, 0.2) is 24.3 Å². The maximum absolute atomic E-state index is 11.6. The molecule has 0 aliphatic heterocycles. The van der Waals surface area contributed by atoms with Crippen LogP contribution in [0.25, 0.3) is 0 Å². The van der Waals surface area contributed by atoms with Crippen LogP contribution in [0.3, 0.4) is 0 Å². The molecule has 1 aromatic rings. The summed E-state index contributed by atoms with van der Waals surface area (Å²) in [5, 5.41) is 11.4. The summed E-state index contributed by atoms with van der Waals surface area (Å²) >= 11 is 1.52. The molecule has 0 saturated carbocycles. The molecule has 0 saturated heterocycles. The predicted molar refractivity (Wildman–Crippen MR) is 75.3 cm³/mol. The lowest BCUT2D eigenvalue weighted by molar-refractivity contribution is -0.113. The van der Waals surface area contributed by atoms with Gasteiger partial charge in [0.15, 0.2) is 0 Å². The first-order valence-corrected chi connectivity index (χ1v) is 7.13. The van der Waals surface area contributed by atoms with Gasteiger partial charge in [0.2, 0.25) is 5.91 Å². The Balaban J connectivity index is 2.30. The fraction of sp³-hybridized carbons (Fsp3) is 0.462. The molecular formula is C13H19NO3S. The largest absolute Gasteiger partial charge is 0.494 e. The van der Waals surface area contributed by atoms with Gasteiger partial charge >= 0.3 is 0 Å². The van der Waals surface area contributed by atoms with E-state index in [1.54, 1.807) is 0 Å². The number of carbonyl (C=O) groups is 1. The van der Waals surface area contributed by atoms with Gasteiger partial charge in [0.25, 0.3) is 0 Å². The lowest BCUT2D eigenvalue weighted by atomic mass is 10.3. The molecule has 0 radical (unpaired) electrons. The van der Waals surface area contributed by atoms with Crippen molar-refractivity contribution in [3.8, 4) is 5.75 Å². The first kappa shape index (κ1) is 14.9. The van der Waals surface area contributed by atoms with Gasteiger partial charge < -0.3 is 15.2 Å². The van der Waals surface area contributed by atoms with Crippen LogP contribution >= 0.6 is 11.8 Å². The second kappa shape index (κ2) is 8.83. The molecule has 0 bridgehead atoms. The van der Waals surface area contributed by atoms with E-state index in [1.165, 1.54) is 11.8 Å². The average molecular weight is 269 g/mol. The summed E-state index contributed by atoms with van der Waals surface area (Å²) in [5.74, 6) is 1.98. The Morgan fingerprint density at radius 2 is 2.11 bits per heavy atom. The van der Waals surface area contributed by atoms with Crippen LogP contribution in [0.5, 0.6) is 5.75 Å². The maximum atomic E-state index is 11.6. The Labute approximate surface area is 112 Å². The molecule has 0 fully saturated rings. The number of nitrogens with one attached hydrogen (secondary N) is 1. The van der Waals surface area contributed by atoms with Crippen LogP contribution in [-0.2, 0) is 4.79 Å². The van der Waals surface area contributed by atoms with Crippen molar-refractivity contribution in [1.29, 1.82) is 0 Å². The highest BCUT2D eigenvalue weighted by Crippen LogP contribution is 2.15. The Bertz CT molecular complexity index is 354. The molecule has 18 heavy (non-hydrogen) atoms. The van der Waals surface area contributed by atoms with Crippen molar-refractivity contribution in [1.82, 2.24) is 0 Å². The van der Waals surface area contributed by atoms with Gasteiger partial charge in [-0.05, 0) is 43.4 Å². The van der Waals surface area contributed by atoms with E-state index in [-0.39, 0.29) is 12.5 Å². The molecule has 2 N–H and O–H groups in total.